The molecular weight excluding hydrogens is 267 g/mol. The number of ether oxygens (including phenoxy) is 1. The summed E-state index contributed by atoms with van der Waals surface area (Å²) in [6, 6.07) is 12.7. The summed E-state index contributed by atoms with van der Waals surface area (Å²) in [5, 5.41) is 10.9. The summed E-state index contributed by atoms with van der Waals surface area (Å²) < 4.78 is 5.12. The van der Waals surface area contributed by atoms with Crippen LogP contribution in [0.15, 0.2) is 48.5 Å². The summed E-state index contributed by atoms with van der Waals surface area (Å²) in [6.07, 6.45) is 0. The number of aryl methyl sites for hydroxylation is 1. The van der Waals surface area contributed by atoms with Crippen molar-refractivity contribution in [3.05, 3.63) is 65.2 Å². The van der Waals surface area contributed by atoms with E-state index in [-0.39, 0.29) is 40.7 Å². The first-order valence-corrected chi connectivity index (χ1v) is 5.67. The smallest absolute Gasteiger partial charge is 0.545 e. The largest absolute Gasteiger partial charge is 1.00 e. The Morgan fingerprint density at radius 3 is 2.05 bits per heavy atom. The summed E-state index contributed by atoms with van der Waals surface area (Å²) in [6.45, 7) is 1.91. The summed E-state index contributed by atoms with van der Waals surface area (Å²) in [5.74, 6) is -1.76. The number of aromatic carboxylic acids is 1. The molecule has 0 bridgehead atoms. The molecule has 0 N–H and O–H groups in total. The third-order valence-corrected chi connectivity index (χ3v) is 2.60. The van der Waals surface area contributed by atoms with Crippen molar-refractivity contribution in [3.8, 4) is 5.75 Å². The Morgan fingerprint density at radius 1 is 0.950 bits per heavy atom. The maximum absolute atomic E-state index is 11.9. The molecule has 0 aromatic heterocycles. The van der Waals surface area contributed by atoms with Crippen LogP contribution >= 0.6 is 0 Å². The fourth-order valence-corrected chi connectivity index (χ4v) is 1.61. The molecule has 20 heavy (non-hydrogen) atoms. The number of carbonyl (C=O) groups excluding carboxylic acids is 2. The van der Waals surface area contributed by atoms with Gasteiger partial charge in [-0.2, -0.15) is 0 Å². The fourth-order valence-electron chi connectivity index (χ4n) is 1.61. The van der Waals surface area contributed by atoms with Crippen molar-refractivity contribution in [2.24, 2.45) is 0 Å². The van der Waals surface area contributed by atoms with Crippen molar-refractivity contribution < 1.29 is 49.0 Å². The predicted octanol–water partition coefficient (Wildman–Crippen LogP) is -1.42. The fraction of sp³-hybridized carbons (Fsp3) is 0.0667. The molecule has 0 saturated heterocycles. The Balaban J connectivity index is 0.00000200. The molecule has 0 heterocycles. The van der Waals surface area contributed by atoms with Gasteiger partial charge in [-0.3, -0.25) is 0 Å². The van der Waals surface area contributed by atoms with E-state index in [1.165, 1.54) is 18.2 Å². The van der Waals surface area contributed by atoms with Crippen molar-refractivity contribution in [2.45, 2.75) is 6.92 Å². The van der Waals surface area contributed by atoms with E-state index in [9.17, 15) is 14.7 Å². The minimum absolute atomic E-state index is 0. The molecule has 0 spiro atoms. The molecule has 96 valence electrons. The molecule has 0 aliphatic rings. The van der Waals surface area contributed by atoms with Gasteiger partial charge in [0.1, 0.15) is 5.75 Å². The molecule has 2 rings (SSSR count). The van der Waals surface area contributed by atoms with E-state index >= 15 is 0 Å². The van der Waals surface area contributed by atoms with Gasteiger partial charge in [-0.25, -0.2) is 4.79 Å². The number of hydrogen-bond acceptors (Lipinski definition) is 4. The van der Waals surface area contributed by atoms with E-state index < -0.39 is 11.9 Å². The van der Waals surface area contributed by atoms with Gasteiger partial charge in [-0.05, 0) is 25.1 Å². The molecule has 0 aliphatic heterocycles. The van der Waals surface area contributed by atoms with E-state index in [4.69, 9.17) is 4.74 Å². The SMILES string of the molecule is Cc1ccc(OC(=O)c2ccccc2C(=O)[O-])cc1.[Na+]. The molecule has 5 heteroatoms. The average Bonchev–Trinajstić information content (AvgIpc) is 2.41. The summed E-state index contributed by atoms with van der Waals surface area (Å²) in [5.41, 5.74) is 0.831. The number of benzene rings is 2. The van der Waals surface area contributed by atoms with Crippen LogP contribution < -0.4 is 39.4 Å². The summed E-state index contributed by atoms with van der Waals surface area (Å²) >= 11 is 0. The molecular formula is C15H11NaO4. The van der Waals surface area contributed by atoms with Crippen molar-refractivity contribution in [3.63, 3.8) is 0 Å². The number of carboxylic acids is 1. The quantitative estimate of drug-likeness (QED) is 0.393. The average molecular weight is 278 g/mol. The molecule has 0 unspecified atom stereocenters. The molecule has 2 aromatic carbocycles. The second-order valence-corrected chi connectivity index (χ2v) is 4.04. The summed E-state index contributed by atoms with van der Waals surface area (Å²) in [7, 11) is 0. The molecule has 0 amide bonds. The molecule has 0 fully saturated rings. The Kier molecular flexibility index (Phi) is 5.95. The number of rotatable bonds is 3. The van der Waals surface area contributed by atoms with Gasteiger partial charge >= 0.3 is 35.5 Å². The third-order valence-electron chi connectivity index (χ3n) is 2.60. The van der Waals surface area contributed by atoms with E-state index in [0.717, 1.165) is 5.56 Å². The third kappa shape index (κ3) is 3.93. The second kappa shape index (κ2) is 7.24. The number of hydrogen-bond donors (Lipinski definition) is 0. The molecule has 0 atom stereocenters. The zero-order valence-corrected chi connectivity index (χ0v) is 13.3. The molecule has 4 nitrogen and oxygen atoms in total. The minimum atomic E-state index is -1.41. The van der Waals surface area contributed by atoms with Crippen LogP contribution in [-0.4, -0.2) is 11.9 Å². The van der Waals surface area contributed by atoms with Gasteiger partial charge in [-0.15, -0.1) is 0 Å². The minimum Gasteiger partial charge on any atom is -0.545 e. The first-order chi connectivity index (χ1) is 9.08. The van der Waals surface area contributed by atoms with Gasteiger partial charge < -0.3 is 14.6 Å². The van der Waals surface area contributed by atoms with Gasteiger partial charge in [-0.1, -0.05) is 35.9 Å². The van der Waals surface area contributed by atoms with Crippen molar-refractivity contribution in [1.82, 2.24) is 0 Å². The van der Waals surface area contributed by atoms with E-state index in [0.29, 0.717) is 5.75 Å². The maximum atomic E-state index is 11.9. The van der Waals surface area contributed by atoms with Crippen LogP contribution in [0.4, 0.5) is 0 Å². The van der Waals surface area contributed by atoms with Gasteiger partial charge in [0.15, 0.2) is 0 Å². The molecule has 2 aromatic rings. The van der Waals surface area contributed by atoms with Gasteiger partial charge in [0.05, 0.1) is 11.5 Å². The first-order valence-electron chi connectivity index (χ1n) is 5.67. The molecule has 0 saturated carbocycles. The maximum Gasteiger partial charge on any atom is 1.00 e. The number of carboxylic acid groups (broad SMARTS) is 1. The zero-order chi connectivity index (χ0) is 13.8. The Morgan fingerprint density at radius 2 is 1.50 bits per heavy atom. The van der Waals surface area contributed by atoms with E-state index in [1.54, 1.807) is 30.3 Å². The Bertz CT molecular complexity index is 620. The van der Waals surface area contributed by atoms with Crippen LogP contribution in [0, 0.1) is 6.92 Å². The monoisotopic (exact) mass is 278 g/mol. The molecule has 0 radical (unpaired) electrons. The molecule has 0 aliphatic carbocycles. The zero-order valence-electron chi connectivity index (χ0n) is 11.3. The summed E-state index contributed by atoms with van der Waals surface area (Å²) in [4.78, 5) is 22.8. The van der Waals surface area contributed by atoms with Crippen LogP contribution in [0.5, 0.6) is 5.75 Å². The second-order valence-electron chi connectivity index (χ2n) is 4.04. The predicted molar refractivity (Wildman–Crippen MR) is 66.9 cm³/mol. The van der Waals surface area contributed by atoms with Crippen molar-refractivity contribution >= 4 is 11.9 Å². The Hall–Kier alpha value is -1.62. The first kappa shape index (κ1) is 16.4. The number of esters is 1. The van der Waals surface area contributed by atoms with Gasteiger partial charge in [0, 0.05) is 5.56 Å². The van der Waals surface area contributed by atoms with E-state index in [1.807, 2.05) is 6.92 Å². The Labute approximate surface area is 138 Å². The van der Waals surface area contributed by atoms with Crippen molar-refractivity contribution in [1.29, 1.82) is 0 Å². The van der Waals surface area contributed by atoms with Gasteiger partial charge in [0.25, 0.3) is 0 Å². The van der Waals surface area contributed by atoms with Crippen molar-refractivity contribution in [2.75, 3.05) is 0 Å². The normalized spacial score (nSPS) is 9.45. The van der Waals surface area contributed by atoms with Crippen LogP contribution in [0.3, 0.4) is 0 Å². The topological polar surface area (TPSA) is 66.4 Å². The number of carbonyl (C=O) groups is 2. The van der Waals surface area contributed by atoms with Crippen LogP contribution in [-0.2, 0) is 0 Å². The van der Waals surface area contributed by atoms with Crippen LogP contribution in [0.1, 0.15) is 26.3 Å². The standard InChI is InChI=1S/C15H12O4.Na/c1-10-6-8-11(9-7-10)19-15(18)13-5-3-2-4-12(13)14(16)17;/h2-9H,1H3,(H,16,17);/q;+1/p-1. The van der Waals surface area contributed by atoms with Gasteiger partial charge in [0.2, 0.25) is 0 Å². The van der Waals surface area contributed by atoms with Crippen LogP contribution in [0.25, 0.3) is 0 Å². The van der Waals surface area contributed by atoms with Crippen LogP contribution in [0.2, 0.25) is 0 Å². The van der Waals surface area contributed by atoms with E-state index in [2.05, 4.69) is 0 Å².